The number of carboxylic acid groups (broad SMARTS) is 1. The van der Waals surface area contributed by atoms with Crippen LogP contribution < -0.4 is 16.4 Å². The summed E-state index contributed by atoms with van der Waals surface area (Å²) in [6.45, 7) is 2.04. The maximum atomic E-state index is 12.9. The highest BCUT2D eigenvalue weighted by atomic mass is 16.5. The van der Waals surface area contributed by atoms with E-state index in [1.807, 2.05) is 0 Å². The Morgan fingerprint density at radius 3 is 2.31 bits per heavy atom. The summed E-state index contributed by atoms with van der Waals surface area (Å²) >= 11 is 0. The van der Waals surface area contributed by atoms with E-state index < -0.39 is 42.1 Å². The minimum absolute atomic E-state index is 0.101. The number of nitrogens with one attached hydrogen (secondary N) is 2. The minimum atomic E-state index is -1.69. The van der Waals surface area contributed by atoms with Crippen molar-refractivity contribution in [3.8, 4) is 0 Å². The molecule has 0 bridgehead atoms. The van der Waals surface area contributed by atoms with Crippen molar-refractivity contribution >= 4 is 47.2 Å². The Morgan fingerprint density at radius 1 is 1.05 bits per heavy atom. The molecule has 4 rings (SSSR count). The summed E-state index contributed by atoms with van der Waals surface area (Å²) in [5.41, 5.74) is 7.14. The average molecular weight is 579 g/mol. The average Bonchev–Trinajstić information content (AvgIpc) is 3.39. The molecule has 0 aliphatic carbocycles. The van der Waals surface area contributed by atoms with Crippen molar-refractivity contribution in [1.29, 1.82) is 0 Å². The van der Waals surface area contributed by atoms with E-state index in [1.165, 1.54) is 24.3 Å². The number of carboxylic acids is 1. The van der Waals surface area contributed by atoms with Crippen molar-refractivity contribution < 1.29 is 39.0 Å². The van der Waals surface area contributed by atoms with Crippen molar-refractivity contribution in [3.05, 3.63) is 65.2 Å². The molecule has 3 atom stereocenters. The Kier molecular flexibility index (Phi) is 9.27. The van der Waals surface area contributed by atoms with Gasteiger partial charge in [-0.3, -0.25) is 14.4 Å². The molecule has 6 N–H and O–H groups in total. The second-order valence-electron chi connectivity index (χ2n) is 9.78. The number of aldehydes is 1. The van der Waals surface area contributed by atoms with Crippen LogP contribution >= 0.6 is 0 Å². The highest BCUT2D eigenvalue weighted by molar-refractivity contribution is 6.45. The number of carbonyl (C=O) groups is 5. The van der Waals surface area contributed by atoms with Gasteiger partial charge < -0.3 is 41.1 Å². The Balaban J connectivity index is 1.28. The van der Waals surface area contributed by atoms with E-state index in [-0.39, 0.29) is 36.1 Å². The lowest BCUT2D eigenvalue weighted by molar-refractivity contribution is -0.162. The molecule has 2 aromatic rings. The molecular weight excluding hydrogens is 548 g/mol. The Bertz CT molecular complexity index is 1430. The molecule has 2 aliphatic heterocycles. The molecule has 220 valence electrons. The Labute approximate surface area is 240 Å². The zero-order valence-electron chi connectivity index (χ0n) is 22.6. The third-order valence-electron chi connectivity index (χ3n) is 7.01. The van der Waals surface area contributed by atoms with E-state index in [0.717, 1.165) is 0 Å². The van der Waals surface area contributed by atoms with Gasteiger partial charge in [0.05, 0.1) is 17.7 Å². The fourth-order valence-corrected chi connectivity index (χ4v) is 4.75. The Morgan fingerprint density at radius 2 is 1.69 bits per heavy atom. The molecule has 2 aromatic carbocycles. The largest absolute Gasteiger partial charge is 0.478 e. The van der Waals surface area contributed by atoms with Crippen LogP contribution in [0.1, 0.15) is 47.2 Å². The van der Waals surface area contributed by atoms with Crippen LogP contribution in [-0.4, -0.2) is 88.2 Å². The molecule has 14 heteroatoms. The predicted octanol–water partition coefficient (Wildman–Crippen LogP) is 0.503. The first kappa shape index (κ1) is 29.9. The standard InChI is InChI=1S/C28H30N6O8/c1-15(30-24(36)17-8-6-16(7-9-17)23(29)33-41)27(38)34-12-10-18(11-13-34)42-26(28(39)40)32-25(37)22-20(14-35)19-4-2-3-5-21(19)31-22/h2-9,14-15,18,20,26,41H,10-13H2,1H3,(H2,29,33)(H,30,36)(H,32,37)(H,39,40)/t15?,20?,26-/m0/s1. The highest BCUT2D eigenvalue weighted by Crippen LogP contribution is 2.34. The van der Waals surface area contributed by atoms with Crippen LogP contribution in [0.4, 0.5) is 5.69 Å². The van der Waals surface area contributed by atoms with Crippen molar-refractivity contribution in [1.82, 2.24) is 15.5 Å². The number of rotatable bonds is 10. The van der Waals surface area contributed by atoms with Gasteiger partial charge in [0.2, 0.25) is 12.1 Å². The third kappa shape index (κ3) is 6.61. The van der Waals surface area contributed by atoms with Crippen LogP contribution in [-0.2, 0) is 23.9 Å². The van der Waals surface area contributed by atoms with Crippen LogP contribution in [0.3, 0.4) is 0 Å². The van der Waals surface area contributed by atoms with Gasteiger partial charge in [-0.2, -0.15) is 0 Å². The lowest BCUT2D eigenvalue weighted by Gasteiger charge is -2.34. The van der Waals surface area contributed by atoms with E-state index in [0.29, 0.717) is 35.9 Å². The number of benzene rings is 2. The second kappa shape index (κ2) is 13.0. The SMILES string of the molecule is CC(NC(=O)c1ccc(/C(N)=N/O)cc1)C(=O)N1CCC(O[C@H](NC(=O)C2=Nc3ccccc3C2C=O)C(=O)O)CC1. The third-order valence-corrected chi connectivity index (χ3v) is 7.01. The number of amides is 3. The summed E-state index contributed by atoms with van der Waals surface area (Å²) in [5.74, 6) is -4.06. The number of nitrogens with two attached hydrogens (primary N) is 1. The first-order valence-electron chi connectivity index (χ1n) is 13.1. The maximum absolute atomic E-state index is 12.9. The van der Waals surface area contributed by atoms with Gasteiger partial charge in [0.15, 0.2) is 5.84 Å². The molecule has 1 saturated heterocycles. The number of oxime groups is 1. The molecule has 0 spiro atoms. The molecule has 0 radical (unpaired) electrons. The topological polar surface area (TPSA) is 213 Å². The number of fused-ring (bicyclic) bond motifs is 1. The normalized spacial score (nSPS) is 18.3. The van der Waals surface area contributed by atoms with Crippen molar-refractivity contribution in [3.63, 3.8) is 0 Å². The van der Waals surface area contributed by atoms with E-state index in [4.69, 9.17) is 15.7 Å². The number of amidine groups is 1. The number of nitrogens with zero attached hydrogens (tertiary/aromatic N) is 3. The van der Waals surface area contributed by atoms with Gasteiger partial charge in [-0.25, -0.2) is 9.79 Å². The van der Waals surface area contributed by atoms with Crippen LogP contribution in [0.5, 0.6) is 0 Å². The first-order chi connectivity index (χ1) is 20.1. The molecule has 2 unspecified atom stereocenters. The molecule has 42 heavy (non-hydrogen) atoms. The number of para-hydroxylation sites is 1. The number of aliphatic imine (C=N–C) groups is 1. The summed E-state index contributed by atoms with van der Waals surface area (Å²) < 4.78 is 5.66. The fraction of sp³-hybridized carbons (Fsp3) is 0.321. The van der Waals surface area contributed by atoms with Gasteiger partial charge in [-0.05, 0) is 43.5 Å². The van der Waals surface area contributed by atoms with Crippen LogP contribution in [0.2, 0.25) is 0 Å². The van der Waals surface area contributed by atoms with Crippen molar-refractivity contribution in [2.24, 2.45) is 15.9 Å². The summed E-state index contributed by atoms with van der Waals surface area (Å²) in [7, 11) is 0. The molecule has 0 saturated carbocycles. The quantitative estimate of drug-likeness (QED) is 0.0662. The monoisotopic (exact) mass is 578 g/mol. The minimum Gasteiger partial charge on any atom is -0.478 e. The van der Waals surface area contributed by atoms with Crippen LogP contribution in [0.15, 0.2) is 58.7 Å². The smallest absolute Gasteiger partial charge is 0.354 e. The number of likely N-dealkylation sites (tertiary alicyclic amines) is 1. The summed E-state index contributed by atoms with van der Waals surface area (Å²) in [5, 5.41) is 26.3. The predicted molar refractivity (Wildman–Crippen MR) is 148 cm³/mol. The number of carbonyl (C=O) groups excluding carboxylic acids is 4. The van der Waals surface area contributed by atoms with Crippen molar-refractivity contribution in [2.45, 2.75) is 44.1 Å². The molecule has 2 heterocycles. The molecule has 14 nitrogen and oxygen atoms in total. The van der Waals surface area contributed by atoms with Gasteiger partial charge >= 0.3 is 5.97 Å². The van der Waals surface area contributed by atoms with Gasteiger partial charge in [0.1, 0.15) is 18.0 Å². The van der Waals surface area contributed by atoms with Gasteiger partial charge in [0.25, 0.3) is 11.8 Å². The molecule has 0 aromatic heterocycles. The van der Waals surface area contributed by atoms with Gasteiger partial charge in [-0.15, -0.1) is 0 Å². The zero-order valence-corrected chi connectivity index (χ0v) is 22.6. The van der Waals surface area contributed by atoms with Crippen molar-refractivity contribution in [2.75, 3.05) is 13.1 Å². The highest BCUT2D eigenvalue weighted by Gasteiger charge is 2.35. The maximum Gasteiger partial charge on any atom is 0.354 e. The number of ether oxygens (including phenoxy) is 1. The van der Waals surface area contributed by atoms with E-state index in [2.05, 4.69) is 20.8 Å². The first-order valence-corrected chi connectivity index (χ1v) is 13.1. The molecule has 2 aliphatic rings. The number of piperidine rings is 1. The lowest BCUT2D eigenvalue weighted by atomic mass is 9.97. The van der Waals surface area contributed by atoms with E-state index >= 15 is 0 Å². The van der Waals surface area contributed by atoms with Crippen LogP contribution in [0, 0.1) is 0 Å². The second-order valence-corrected chi connectivity index (χ2v) is 9.78. The summed E-state index contributed by atoms with van der Waals surface area (Å²) in [4.78, 5) is 67.6. The zero-order chi connectivity index (χ0) is 30.4. The number of aliphatic carboxylic acids is 1. The number of hydrogen-bond acceptors (Lipinski definition) is 9. The molecule has 1 fully saturated rings. The van der Waals surface area contributed by atoms with Crippen LogP contribution in [0.25, 0.3) is 0 Å². The van der Waals surface area contributed by atoms with E-state index in [1.54, 1.807) is 36.1 Å². The summed E-state index contributed by atoms with van der Waals surface area (Å²) in [6, 6.07) is 11.9. The molecule has 3 amide bonds. The van der Waals surface area contributed by atoms with E-state index in [9.17, 15) is 29.1 Å². The fourth-order valence-electron chi connectivity index (χ4n) is 4.75. The number of hydrogen-bond donors (Lipinski definition) is 5. The van der Waals surface area contributed by atoms with Gasteiger partial charge in [0, 0.05) is 24.2 Å². The molecular formula is C28H30N6O8. The summed E-state index contributed by atoms with van der Waals surface area (Å²) in [6.07, 6.45) is -1.09. The Hall–Kier alpha value is -5.11. The lowest BCUT2D eigenvalue weighted by Crippen LogP contribution is -2.52. The van der Waals surface area contributed by atoms with Gasteiger partial charge in [-0.1, -0.05) is 35.5 Å².